The molecule has 0 aliphatic carbocycles. The molecule has 30 nitrogen and oxygen atoms in total. The van der Waals surface area contributed by atoms with Crippen molar-refractivity contribution >= 4 is 71.0 Å². The van der Waals surface area contributed by atoms with Crippen LogP contribution < -0.4 is 43.0 Å². The molecule has 1 fully saturated rings. The number of anilines is 1. The molecule has 3 rings (SSSR count). The zero-order valence-corrected chi connectivity index (χ0v) is 56.9. The Morgan fingerprint density at radius 2 is 1.39 bits per heavy atom. The molecule has 1 aliphatic heterocycles. The van der Waals surface area contributed by atoms with Gasteiger partial charge >= 0.3 is 12.1 Å². The van der Waals surface area contributed by atoms with Crippen molar-refractivity contribution in [3.63, 3.8) is 0 Å². The Kier molecular flexibility index (Phi) is 33.2. The number of carbonyl (C=O) groups is 10. The number of nitrogens with two attached hydrogens (primary N) is 1. The monoisotopic (exact) mass is 1320 g/mol. The standard InChI is InChI=1S/C64H101N15O15/c1-16-38(8)54(47(91-13)31-49(81)79-30-20-23-46(79)56(93-15)39(9)57(84)70-40(10)55(83)42-21-18-17-19-22-42)77(11)62(89)52(36(4)5)75-61(88)53(37(6)7)78(12)64(90)94-34-41-24-26-43(27-25-41)71-59(86)45(32-68-63(65)66)73-60(87)51(35(2)3)74-58(85)44(28-29-50(82)92-14)72-48(80)33-69-76-67/h17-19,21-22,24-27,35-40,44-47,51-56,83H,16,20,23,28-34H2,1-15H3,(H,70,84)(H,71,86)(H,72,80)(H,73,87)(H,74,85)(H,75,88)(H4,65,66,68)/t38-,39+,40+,44-,45-,46-,47+,51-,52-,53-,54-,55+,56+/m0/s1. The number of guanidine groups is 1. The number of aliphatic hydroxyl groups is 1. The van der Waals surface area contributed by atoms with Crippen LogP contribution in [0, 0.1) is 35.0 Å². The van der Waals surface area contributed by atoms with Gasteiger partial charge in [0.2, 0.25) is 47.3 Å². The van der Waals surface area contributed by atoms with Gasteiger partial charge in [0, 0.05) is 58.4 Å². The van der Waals surface area contributed by atoms with Crippen molar-refractivity contribution in [3.05, 3.63) is 76.2 Å². The van der Waals surface area contributed by atoms with Gasteiger partial charge in [-0.1, -0.05) is 116 Å². The van der Waals surface area contributed by atoms with Crippen molar-refractivity contribution < 1.29 is 72.0 Å². The summed E-state index contributed by atoms with van der Waals surface area (Å²) in [5.41, 5.74) is 15.5. The van der Waals surface area contributed by atoms with E-state index in [9.17, 15) is 53.1 Å². The lowest BCUT2D eigenvalue weighted by Gasteiger charge is -2.41. The summed E-state index contributed by atoms with van der Waals surface area (Å²) in [7, 11) is 7.16. The lowest BCUT2D eigenvalue weighted by molar-refractivity contribution is -0.148. The number of likely N-dealkylation sites (tertiary alicyclic amines) is 1. The highest BCUT2D eigenvalue weighted by Gasteiger charge is 2.44. The van der Waals surface area contributed by atoms with E-state index in [1.807, 2.05) is 32.0 Å². The molecular weight excluding hydrogens is 1220 g/mol. The minimum Gasteiger partial charge on any atom is -0.469 e. The molecular formula is C64H101N15O15. The van der Waals surface area contributed by atoms with Gasteiger partial charge in [0.15, 0.2) is 5.96 Å². The van der Waals surface area contributed by atoms with Gasteiger partial charge in [0.1, 0.15) is 43.4 Å². The molecule has 0 unspecified atom stereocenters. The molecule has 9 amide bonds. The number of azide groups is 1. The number of aliphatic hydroxyl groups excluding tert-OH is 1. The number of carbonyl (C=O) groups excluding carboxylic acids is 10. The summed E-state index contributed by atoms with van der Waals surface area (Å²) in [6.45, 7) is 16.8. The maximum atomic E-state index is 14.8. The normalized spacial score (nSPS) is 16.7. The number of hydrogen-bond donors (Lipinski definition) is 10. The van der Waals surface area contributed by atoms with Crippen LogP contribution in [-0.2, 0) is 68.7 Å². The predicted molar refractivity (Wildman–Crippen MR) is 349 cm³/mol. The number of nitrogens with one attached hydrogen (secondary N) is 8. The summed E-state index contributed by atoms with van der Waals surface area (Å²) in [5, 5.41) is 40.3. The third-order valence-corrected chi connectivity index (χ3v) is 16.8. The van der Waals surface area contributed by atoms with Gasteiger partial charge in [0.25, 0.3) is 0 Å². The van der Waals surface area contributed by atoms with Crippen LogP contribution in [-0.4, -0.2) is 201 Å². The molecule has 2 aromatic rings. The molecule has 11 N–H and O–H groups in total. The fraction of sp³-hybridized carbons (Fsp3) is 0.641. The third kappa shape index (κ3) is 23.8. The molecule has 94 heavy (non-hydrogen) atoms. The van der Waals surface area contributed by atoms with Crippen molar-refractivity contribution in [2.75, 3.05) is 60.4 Å². The first-order chi connectivity index (χ1) is 44.4. The first kappa shape index (κ1) is 79.6. The molecule has 522 valence electrons. The largest absolute Gasteiger partial charge is 0.469 e. The minimum absolute atomic E-state index is 0.104. The number of likely N-dealkylation sites (N-methyl/N-ethyl adjacent to an activating group) is 2. The average Bonchev–Trinajstić information content (AvgIpc) is 1.43. The fourth-order valence-corrected chi connectivity index (χ4v) is 11.3. The molecule has 2 aromatic carbocycles. The molecule has 1 saturated heterocycles. The van der Waals surface area contributed by atoms with Gasteiger partial charge in [-0.2, -0.15) is 0 Å². The van der Waals surface area contributed by atoms with Gasteiger partial charge in [-0.3, -0.25) is 53.5 Å². The quantitative estimate of drug-likeness (QED) is 0.0116. The number of benzene rings is 2. The van der Waals surface area contributed by atoms with Crippen LogP contribution in [0.4, 0.5) is 10.5 Å². The van der Waals surface area contributed by atoms with Crippen LogP contribution in [0.2, 0.25) is 0 Å². The second-order valence-electron chi connectivity index (χ2n) is 24.7. The van der Waals surface area contributed by atoms with Crippen LogP contribution in [0.25, 0.3) is 10.4 Å². The number of hydrogen-bond acceptors (Lipinski definition) is 17. The van der Waals surface area contributed by atoms with E-state index in [1.165, 1.54) is 38.3 Å². The molecule has 0 saturated carbocycles. The van der Waals surface area contributed by atoms with Gasteiger partial charge in [-0.25, -0.2) is 4.79 Å². The summed E-state index contributed by atoms with van der Waals surface area (Å²) in [4.78, 5) is 143. The molecule has 0 bridgehead atoms. The Labute approximate surface area is 551 Å². The lowest BCUT2D eigenvalue weighted by atomic mass is 9.89. The number of ether oxygens (including phenoxy) is 4. The van der Waals surface area contributed by atoms with Crippen LogP contribution in [0.1, 0.15) is 125 Å². The zero-order chi connectivity index (χ0) is 70.7. The number of nitrogens with zero attached hydrogens (tertiary/aromatic N) is 6. The first-order valence-electron chi connectivity index (χ1n) is 31.7. The van der Waals surface area contributed by atoms with Gasteiger partial charge < -0.3 is 76.8 Å². The van der Waals surface area contributed by atoms with Crippen molar-refractivity contribution in [1.82, 2.24) is 46.6 Å². The summed E-state index contributed by atoms with van der Waals surface area (Å²) >= 11 is 0. The molecule has 0 radical (unpaired) electrons. The molecule has 1 heterocycles. The minimum atomic E-state index is -1.39. The van der Waals surface area contributed by atoms with Crippen molar-refractivity contribution in [3.8, 4) is 0 Å². The Morgan fingerprint density at radius 1 is 0.766 bits per heavy atom. The molecule has 30 heteroatoms. The highest BCUT2D eigenvalue weighted by atomic mass is 16.6. The van der Waals surface area contributed by atoms with Gasteiger partial charge in [-0.05, 0) is 78.6 Å². The lowest BCUT2D eigenvalue weighted by Crippen LogP contribution is -2.60. The summed E-state index contributed by atoms with van der Waals surface area (Å²) in [5.74, 6) is -8.50. The van der Waals surface area contributed by atoms with Crippen molar-refractivity contribution in [2.45, 2.75) is 181 Å². The highest BCUT2D eigenvalue weighted by molar-refractivity contribution is 5.99. The first-order valence-corrected chi connectivity index (χ1v) is 31.7. The summed E-state index contributed by atoms with van der Waals surface area (Å²) in [6.07, 6.45) is -2.04. The maximum absolute atomic E-state index is 14.8. The van der Waals surface area contributed by atoms with E-state index < -0.39 is 150 Å². The zero-order valence-electron chi connectivity index (χ0n) is 56.9. The number of esters is 1. The third-order valence-electron chi connectivity index (χ3n) is 16.8. The SMILES string of the molecule is CC[C@H](C)[C@@H]([C@@H](CC(=O)N1CCC[C@H]1[C@H](OC)[C@@H](C)C(=O)N[C@H](C)[C@@H](O)c1ccccc1)OC)N(C)C(=O)[C@@H](NC(=O)[C@H](C(C)C)N(C)C(=O)OCc1ccc(NC(=O)[C@H](CNC(=N)N)NC(=O)[C@@H](NC(=O)[C@H](CCC(=O)OC)NC(=O)CN=[N+]=[N-])C(C)C)cc1)C(C)C. The maximum Gasteiger partial charge on any atom is 0.410 e. The Morgan fingerprint density at radius 3 is 1.95 bits per heavy atom. The van der Waals surface area contributed by atoms with Gasteiger partial charge in [0.05, 0.1) is 55.9 Å². The van der Waals surface area contributed by atoms with Crippen LogP contribution in [0.5, 0.6) is 0 Å². The Hall–Kier alpha value is -8.60. The number of amides is 9. The predicted octanol–water partition coefficient (Wildman–Crippen LogP) is 3.37. The summed E-state index contributed by atoms with van der Waals surface area (Å²) in [6, 6.07) is 7.21. The van der Waals surface area contributed by atoms with E-state index in [1.54, 1.807) is 91.6 Å². The van der Waals surface area contributed by atoms with Crippen molar-refractivity contribution in [1.29, 1.82) is 5.41 Å². The van der Waals surface area contributed by atoms with Crippen LogP contribution >= 0.6 is 0 Å². The number of rotatable bonds is 37. The average molecular weight is 1320 g/mol. The van der Waals surface area contributed by atoms with E-state index >= 15 is 0 Å². The topological polar surface area (TPSA) is 420 Å². The molecule has 0 spiro atoms. The smallest absolute Gasteiger partial charge is 0.410 e. The Bertz CT molecular complexity index is 2910. The van der Waals surface area contributed by atoms with Crippen molar-refractivity contribution in [2.24, 2.45) is 40.4 Å². The van der Waals surface area contributed by atoms with E-state index in [0.29, 0.717) is 36.9 Å². The van der Waals surface area contributed by atoms with E-state index in [0.717, 1.165) is 12.0 Å². The fourth-order valence-electron chi connectivity index (χ4n) is 11.3. The second kappa shape index (κ2) is 39.2. The van der Waals surface area contributed by atoms with Crippen LogP contribution in [0.15, 0.2) is 59.7 Å². The van der Waals surface area contributed by atoms with E-state index in [2.05, 4.69) is 52.0 Å². The Balaban J connectivity index is 1.72. The van der Waals surface area contributed by atoms with E-state index in [4.69, 9.17) is 30.9 Å². The molecule has 0 aromatic heterocycles. The van der Waals surface area contributed by atoms with Crippen LogP contribution in [0.3, 0.4) is 0 Å². The van der Waals surface area contributed by atoms with Gasteiger partial charge in [-0.15, -0.1) is 0 Å². The second-order valence-corrected chi connectivity index (χ2v) is 24.7. The molecule has 13 atom stereocenters. The number of methoxy groups -OCH3 is 3. The highest BCUT2D eigenvalue weighted by Crippen LogP contribution is 2.30. The van der Waals surface area contributed by atoms with E-state index in [-0.39, 0.29) is 55.8 Å². The summed E-state index contributed by atoms with van der Waals surface area (Å²) < 4.78 is 22.3. The molecule has 1 aliphatic rings.